The molecular formula is C22H28N4OS. The van der Waals surface area contributed by atoms with Crippen LogP contribution in [0.25, 0.3) is 10.2 Å². The lowest BCUT2D eigenvalue weighted by Gasteiger charge is -2.16. The minimum atomic E-state index is -0.127. The lowest BCUT2D eigenvalue weighted by atomic mass is 9.95. The highest BCUT2D eigenvalue weighted by molar-refractivity contribution is 7.20. The Kier molecular flexibility index (Phi) is 5.44. The maximum Gasteiger partial charge on any atom is 0.261 e. The summed E-state index contributed by atoms with van der Waals surface area (Å²) in [5, 5.41) is 4.04. The molecule has 0 aliphatic heterocycles. The molecule has 0 aliphatic carbocycles. The third kappa shape index (κ3) is 4.02. The highest BCUT2D eigenvalue weighted by Crippen LogP contribution is 2.33. The number of anilines is 1. The summed E-state index contributed by atoms with van der Waals surface area (Å²) in [5.41, 5.74) is 3.97. The van der Waals surface area contributed by atoms with Crippen LogP contribution in [0.5, 0.6) is 0 Å². The van der Waals surface area contributed by atoms with Crippen molar-refractivity contribution in [2.75, 3.05) is 19.0 Å². The molecule has 0 saturated heterocycles. The van der Waals surface area contributed by atoms with Gasteiger partial charge in [0.1, 0.15) is 10.7 Å². The molecule has 0 unspecified atom stereocenters. The molecular weight excluding hydrogens is 368 g/mol. The van der Waals surface area contributed by atoms with Gasteiger partial charge in [-0.25, -0.2) is 9.97 Å². The minimum Gasteiger partial charge on any atom is -0.378 e. The highest BCUT2D eigenvalue weighted by Gasteiger charge is 2.23. The van der Waals surface area contributed by atoms with E-state index in [1.807, 2.05) is 40.1 Å². The van der Waals surface area contributed by atoms with Gasteiger partial charge >= 0.3 is 0 Å². The summed E-state index contributed by atoms with van der Waals surface area (Å²) in [7, 11) is 4.02. The fraction of sp³-hybridized carbons (Fsp3) is 0.409. The average Bonchev–Trinajstić information content (AvgIpc) is 2.96. The number of aromatic nitrogens is 2. The van der Waals surface area contributed by atoms with Crippen LogP contribution in [0.2, 0.25) is 0 Å². The normalized spacial score (nSPS) is 11.7. The summed E-state index contributed by atoms with van der Waals surface area (Å²) in [6.07, 6.45) is 0. The SMILES string of the molecule is Cc1nc(C(C)(C)C)nc2sc(C(=O)NCc3ccc(N(C)C)cc3)c(C)c12. The topological polar surface area (TPSA) is 58.1 Å². The Morgan fingerprint density at radius 2 is 1.75 bits per heavy atom. The molecule has 3 rings (SSSR count). The van der Waals surface area contributed by atoms with Crippen LogP contribution in [-0.4, -0.2) is 30.0 Å². The molecule has 0 bridgehead atoms. The third-order valence-corrected chi connectivity index (χ3v) is 5.94. The standard InChI is InChI=1S/C22H28N4OS/c1-13-17-14(2)24-21(22(3,4)5)25-20(17)28-18(13)19(27)23-12-15-8-10-16(11-9-15)26(6)7/h8-11H,12H2,1-7H3,(H,23,27). The van der Waals surface area contributed by atoms with Gasteiger partial charge in [0.15, 0.2) is 0 Å². The number of benzene rings is 1. The van der Waals surface area contributed by atoms with Gasteiger partial charge in [0.2, 0.25) is 0 Å². The third-order valence-electron chi connectivity index (χ3n) is 4.75. The number of nitrogens with zero attached hydrogens (tertiary/aromatic N) is 3. The van der Waals surface area contributed by atoms with Crippen molar-refractivity contribution in [3.05, 3.63) is 51.8 Å². The average molecular weight is 397 g/mol. The Morgan fingerprint density at radius 1 is 1.11 bits per heavy atom. The van der Waals surface area contributed by atoms with Crippen molar-refractivity contribution in [1.82, 2.24) is 15.3 Å². The van der Waals surface area contributed by atoms with E-state index in [1.165, 1.54) is 11.3 Å². The zero-order chi connectivity index (χ0) is 20.6. The van der Waals surface area contributed by atoms with Crippen LogP contribution in [0.3, 0.4) is 0 Å². The molecule has 3 aromatic rings. The molecule has 5 nitrogen and oxygen atoms in total. The molecule has 0 spiro atoms. The largest absolute Gasteiger partial charge is 0.378 e. The number of hydrogen-bond acceptors (Lipinski definition) is 5. The van der Waals surface area contributed by atoms with Gasteiger partial charge in [0.25, 0.3) is 5.91 Å². The number of aryl methyl sites for hydroxylation is 2. The van der Waals surface area contributed by atoms with Gasteiger partial charge in [-0.15, -0.1) is 11.3 Å². The van der Waals surface area contributed by atoms with Gasteiger partial charge in [-0.1, -0.05) is 32.9 Å². The zero-order valence-corrected chi connectivity index (χ0v) is 18.5. The van der Waals surface area contributed by atoms with Crippen LogP contribution >= 0.6 is 11.3 Å². The summed E-state index contributed by atoms with van der Waals surface area (Å²) in [6.45, 7) is 10.8. The predicted octanol–water partition coefficient (Wildman–Crippen LogP) is 4.60. The number of nitrogens with one attached hydrogen (secondary N) is 1. The van der Waals surface area contributed by atoms with E-state index in [0.29, 0.717) is 11.4 Å². The van der Waals surface area contributed by atoms with Gasteiger partial charge in [-0.05, 0) is 37.1 Å². The predicted molar refractivity (Wildman–Crippen MR) is 118 cm³/mol. The molecule has 1 N–H and O–H groups in total. The first-order chi connectivity index (χ1) is 13.1. The van der Waals surface area contributed by atoms with E-state index in [0.717, 1.165) is 38.5 Å². The van der Waals surface area contributed by atoms with Crippen molar-refractivity contribution in [3.63, 3.8) is 0 Å². The molecule has 2 aromatic heterocycles. The number of carbonyl (C=O) groups is 1. The molecule has 148 valence electrons. The molecule has 0 atom stereocenters. The number of thiophene rings is 1. The second kappa shape index (κ2) is 7.51. The zero-order valence-electron chi connectivity index (χ0n) is 17.7. The van der Waals surface area contributed by atoms with Crippen LogP contribution in [0, 0.1) is 13.8 Å². The smallest absolute Gasteiger partial charge is 0.261 e. The van der Waals surface area contributed by atoms with Gasteiger partial charge in [-0.2, -0.15) is 0 Å². The summed E-state index contributed by atoms with van der Waals surface area (Å²) in [5.74, 6) is 0.751. The molecule has 1 aromatic carbocycles. The molecule has 28 heavy (non-hydrogen) atoms. The Balaban J connectivity index is 1.83. The lowest BCUT2D eigenvalue weighted by molar-refractivity contribution is 0.0954. The van der Waals surface area contributed by atoms with Crippen molar-refractivity contribution in [3.8, 4) is 0 Å². The van der Waals surface area contributed by atoms with Crippen LogP contribution in [0.4, 0.5) is 5.69 Å². The summed E-state index contributed by atoms with van der Waals surface area (Å²) in [6, 6.07) is 8.19. The molecule has 2 heterocycles. The summed E-state index contributed by atoms with van der Waals surface area (Å²) >= 11 is 1.45. The number of carbonyl (C=O) groups excluding carboxylic acids is 1. The Labute approximate surface area is 170 Å². The van der Waals surface area contributed by atoms with Gasteiger partial charge in [0, 0.05) is 37.1 Å². The van der Waals surface area contributed by atoms with E-state index in [2.05, 4.69) is 48.1 Å². The van der Waals surface area contributed by atoms with E-state index in [9.17, 15) is 4.79 Å². The fourth-order valence-corrected chi connectivity index (χ4v) is 4.21. The van der Waals surface area contributed by atoms with E-state index >= 15 is 0 Å². The lowest BCUT2D eigenvalue weighted by Crippen LogP contribution is -2.22. The van der Waals surface area contributed by atoms with Gasteiger partial charge in [-0.3, -0.25) is 4.79 Å². The Bertz CT molecular complexity index is 1010. The van der Waals surface area contributed by atoms with Crippen molar-refractivity contribution < 1.29 is 4.79 Å². The first-order valence-corrected chi connectivity index (χ1v) is 10.2. The fourth-order valence-electron chi connectivity index (χ4n) is 3.07. The minimum absolute atomic E-state index is 0.0612. The number of rotatable bonds is 4. The Hall–Kier alpha value is -2.47. The second-order valence-electron chi connectivity index (χ2n) is 8.36. The van der Waals surface area contributed by atoms with Crippen molar-refractivity contribution >= 4 is 33.1 Å². The van der Waals surface area contributed by atoms with E-state index in [1.54, 1.807) is 0 Å². The molecule has 0 radical (unpaired) electrons. The van der Waals surface area contributed by atoms with E-state index < -0.39 is 0 Å². The van der Waals surface area contributed by atoms with Crippen molar-refractivity contribution in [1.29, 1.82) is 0 Å². The summed E-state index contributed by atoms with van der Waals surface area (Å²) < 4.78 is 0. The first-order valence-electron chi connectivity index (χ1n) is 9.40. The van der Waals surface area contributed by atoms with Gasteiger partial charge < -0.3 is 10.2 Å². The van der Waals surface area contributed by atoms with Crippen LogP contribution < -0.4 is 10.2 Å². The van der Waals surface area contributed by atoms with Crippen molar-refractivity contribution in [2.45, 2.75) is 46.6 Å². The van der Waals surface area contributed by atoms with Crippen LogP contribution in [-0.2, 0) is 12.0 Å². The van der Waals surface area contributed by atoms with Crippen molar-refractivity contribution in [2.24, 2.45) is 0 Å². The van der Waals surface area contributed by atoms with Crippen LogP contribution in [0.15, 0.2) is 24.3 Å². The van der Waals surface area contributed by atoms with E-state index in [-0.39, 0.29) is 11.3 Å². The quantitative estimate of drug-likeness (QED) is 0.700. The highest BCUT2D eigenvalue weighted by atomic mass is 32.1. The van der Waals surface area contributed by atoms with Gasteiger partial charge in [0.05, 0.1) is 10.6 Å². The second-order valence-corrected chi connectivity index (χ2v) is 9.36. The molecule has 0 saturated carbocycles. The summed E-state index contributed by atoms with van der Waals surface area (Å²) in [4.78, 5) is 25.9. The number of hydrogen-bond donors (Lipinski definition) is 1. The monoisotopic (exact) mass is 396 g/mol. The maximum absolute atomic E-state index is 12.8. The molecule has 1 amide bonds. The number of amides is 1. The Morgan fingerprint density at radius 3 is 2.32 bits per heavy atom. The maximum atomic E-state index is 12.8. The molecule has 0 fully saturated rings. The first kappa shape index (κ1) is 20.3. The molecule has 6 heteroatoms. The van der Waals surface area contributed by atoms with E-state index in [4.69, 9.17) is 4.98 Å². The molecule has 0 aliphatic rings. The number of fused-ring (bicyclic) bond motifs is 1. The van der Waals surface area contributed by atoms with Crippen LogP contribution in [0.1, 0.15) is 53.1 Å².